The van der Waals surface area contributed by atoms with Gasteiger partial charge in [-0.3, -0.25) is 4.79 Å². The van der Waals surface area contributed by atoms with E-state index in [-0.39, 0.29) is 12.3 Å². The van der Waals surface area contributed by atoms with Gasteiger partial charge in [-0.2, -0.15) is 5.26 Å². The molecule has 0 aromatic heterocycles. The van der Waals surface area contributed by atoms with E-state index in [0.29, 0.717) is 35.8 Å². The molecule has 0 aliphatic carbocycles. The number of hydrogen-bond donors (Lipinski definition) is 2. The summed E-state index contributed by atoms with van der Waals surface area (Å²) in [4.78, 5) is 14.3. The molecule has 2 rings (SSSR count). The number of aliphatic hydroxyl groups excluding tert-OH is 1. The van der Waals surface area contributed by atoms with Gasteiger partial charge in [-0.25, -0.2) is 0 Å². The monoisotopic (exact) mass is 371 g/mol. The van der Waals surface area contributed by atoms with Crippen molar-refractivity contribution in [1.82, 2.24) is 0 Å². The van der Waals surface area contributed by atoms with Crippen LogP contribution in [-0.4, -0.2) is 30.2 Å². The van der Waals surface area contributed by atoms with Crippen molar-refractivity contribution >= 4 is 28.9 Å². The maximum atomic E-state index is 12.3. The second-order valence-electron chi connectivity index (χ2n) is 5.95. The number of carbonyl (C=O) groups is 1. The van der Waals surface area contributed by atoms with Gasteiger partial charge in [0.25, 0.3) is 0 Å². The first-order valence-electron chi connectivity index (χ1n) is 8.51. The van der Waals surface area contributed by atoms with Gasteiger partial charge in [0.15, 0.2) is 0 Å². The van der Waals surface area contributed by atoms with Crippen molar-refractivity contribution in [1.29, 1.82) is 5.26 Å². The molecule has 2 N–H and O–H groups in total. The maximum absolute atomic E-state index is 12.3. The Morgan fingerprint density at radius 1 is 1.31 bits per heavy atom. The number of anilines is 2. The molecule has 0 aliphatic heterocycles. The Morgan fingerprint density at radius 3 is 2.65 bits per heavy atom. The third-order valence-corrected chi connectivity index (χ3v) is 4.32. The van der Waals surface area contributed by atoms with Gasteiger partial charge in [-0.15, -0.1) is 0 Å². The zero-order valence-electron chi connectivity index (χ0n) is 14.7. The molecule has 26 heavy (non-hydrogen) atoms. The average Bonchev–Trinajstić information content (AvgIpc) is 2.65. The van der Waals surface area contributed by atoms with Crippen molar-refractivity contribution < 1.29 is 9.90 Å². The van der Waals surface area contributed by atoms with Crippen LogP contribution in [0.2, 0.25) is 5.02 Å². The van der Waals surface area contributed by atoms with Crippen molar-refractivity contribution in [3.63, 3.8) is 0 Å². The van der Waals surface area contributed by atoms with E-state index < -0.39 is 6.10 Å². The summed E-state index contributed by atoms with van der Waals surface area (Å²) in [5.74, 6) is -0.155. The van der Waals surface area contributed by atoms with Gasteiger partial charge in [0.2, 0.25) is 5.91 Å². The molecule has 0 saturated heterocycles. The lowest BCUT2D eigenvalue weighted by molar-refractivity contribution is -0.116. The molecule has 0 fully saturated rings. The number of benzene rings is 2. The third kappa shape index (κ3) is 5.76. The molecular weight excluding hydrogens is 350 g/mol. The molecule has 0 aliphatic rings. The molecule has 6 heteroatoms. The predicted molar refractivity (Wildman–Crippen MR) is 104 cm³/mol. The number of para-hydroxylation sites is 1. The van der Waals surface area contributed by atoms with Gasteiger partial charge >= 0.3 is 0 Å². The lowest BCUT2D eigenvalue weighted by Crippen LogP contribution is -2.34. The molecule has 0 heterocycles. The van der Waals surface area contributed by atoms with Crippen LogP contribution < -0.4 is 10.2 Å². The first kappa shape index (κ1) is 19.8. The average molecular weight is 372 g/mol. The highest BCUT2D eigenvalue weighted by Gasteiger charge is 2.13. The Hall–Kier alpha value is -2.55. The van der Waals surface area contributed by atoms with Gasteiger partial charge < -0.3 is 15.3 Å². The van der Waals surface area contributed by atoms with Crippen LogP contribution in [0.3, 0.4) is 0 Å². The fourth-order valence-electron chi connectivity index (χ4n) is 2.49. The standard InChI is InChI=1S/C20H22ClN3O2/c1-2-18(25)14-24(17-6-4-3-5-7-17)11-10-20(26)23-16-9-8-15(13-22)19(21)12-16/h3-9,12,18,25H,2,10-11,14H2,1H3,(H,23,26). The van der Waals surface area contributed by atoms with Gasteiger partial charge in [0.05, 0.1) is 16.7 Å². The fourth-order valence-corrected chi connectivity index (χ4v) is 2.71. The Morgan fingerprint density at radius 2 is 2.04 bits per heavy atom. The van der Waals surface area contributed by atoms with Gasteiger partial charge in [-0.1, -0.05) is 36.7 Å². The highest BCUT2D eigenvalue weighted by Crippen LogP contribution is 2.20. The van der Waals surface area contributed by atoms with Crippen LogP contribution in [0.25, 0.3) is 0 Å². The van der Waals surface area contributed by atoms with Gasteiger partial charge in [-0.05, 0) is 36.8 Å². The molecule has 0 radical (unpaired) electrons. The Labute approximate surface area is 158 Å². The molecule has 1 amide bonds. The highest BCUT2D eigenvalue weighted by molar-refractivity contribution is 6.32. The van der Waals surface area contributed by atoms with Crippen molar-refractivity contribution in [3.05, 3.63) is 59.1 Å². The summed E-state index contributed by atoms with van der Waals surface area (Å²) < 4.78 is 0. The summed E-state index contributed by atoms with van der Waals surface area (Å²) in [5, 5.41) is 22.0. The SMILES string of the molecule is CCC(O)CN(CCC(=O)Nc1ccc(C#N)c(Cl)c1)c1ccccc1. The minimum atomic E-state index is -0.449. The van der Waals surface area contributed by atoms with Crippen LogP contribution in [0.15, 0.2) is 48.5 Å². The van der Waals surface area contributed by atoms with E-state index in [1.807, 2.05) is 48.2 Å². The van der Waals surface area contributed by atoms with Crippen molar-refractivity contribution in [3.8, 4) is 6.07 Å². The molecule has 2 aromatic carbocycles. The second kappa shape index (κ2) is 9.81. The molecule has 1 unspecified atom stereocenters. The number of rotatable bonds is 8. The summed E-state index contributed by atoms with van der Waals surface area (Å²) in [6, 6.07) is 16.5. The van der Waals surface area contributed by atoms with Crippen LogP contribution >= 0.6 is 11.6 Å². The molecule has 0 bridgehead atoms. The smallest absolute Gasteiger partial charge is 0.226 e. The van der Waals surface area contributed by atoms with E-state index in [1.165, 1.54) is 0 Å². The topological polar surface area (TPSA) is 76.4 Å². The molecule has 1 atom stereocenters. The lowest BCUT2D eigenvalue weighted by Gasteiger charge is -2.27. The fraction of sp³-hybridized carbons (Fsp3) is 0.300. The quantitative estimate of drug-likeness (QED) is 0.739. The number of nitriles is 1. The largest absolute Gasteiger partial charge is 0.391 e. The van der Waals surface area contributed by atoms with E-state index >= 15 is 0 Å². The van der Waals surface area contributed by atoms with Crippen molar-refractivity contribution in [2.75, 3.05) is 23.3 Å². The number of nitrogens with one attached hydrogen (secondary N) is 1. The minimum Gasteiger partial charge on any atom is -0.391 e. The number of hydrogen-bond acceptors (Lipinski definition) is 4. The van der Waals surface area contributed by atoms with E-state index in [2.05, 4.69) is 5.32 Å². The van der Waals surface area contributed by atoms with Crippen molar-refractivity contribution in [2.45, 2.75) is 25.9 Å². The Balaban J connectivity index is 1.98. The lowest BCUT2D eigenvalue weighted by atomic mass is 10.2. The van der Waals surface area contributed by atoms with Gasteiger partial charge in [0, 0.05) is 30.9 Å². The van der Waals surface area contributed by atoms with E-state index in [0.717, 1.165) is 5.69 Å². The van der Waals surface area contributed by atoms with E-state index in [4.69, 9.17) is 16.9 Å². The number of amides is 1. The number of carbonyl (C=O) groups excluding carboxylic acids is 1. The van der Waals surface area contributed by atoms with Crippen LogP contribution in [0.5, 0.6) is 0 Å². The first-order valence-corrected chi connectivity index (χ1v) is 8.88. The zero-order valence-corrected chi connectivity index (χ0v) is 15.4. The molecule has 2 aromatic rings. The van der Waals surface area contributed by atoms with E-state index in [1.54, 1.807) is 18.2 Å². The minimum absolute atomic E-state index is 0.155. The summed E-state index contributed by atoms with van der Waals surface area (Å²) >= 11 is 5.98. The maximum Gasteiger partial charge on any atom is 0.226 e. The molecule has 5 nitrogen and oxygen atoms in total. The van der Waals surface area contributed by atoms with Crippen LogP contribution in [-0.2, 0) is 4.79 Å². The summed E-state index contributed by atoms with van der Waals surface area (Å²) in [5.41, 5.74) is 1.89. The summed E-state index contributed by atoms with van der Waals surface area (Å²) in [6.45, 7) is 2.88. The zero-order chi connectivity index (χ0) is 18.9. The number of halogens is 1. The summed E-state index contributed by atoms with van der Waals surface area (Å²) in [7, 11) is 0. The van der Waals surface area contributed by atoms with Crippen LogP contribution in [0, 0.1) is 11.3 Å². The van der Waals surface area contributed by atoms with Crippen molar-refractivity contribution in [2.24, 2.45) is 0 Å². The van der Waals surface area contributed by atoms with Gasteiger partial charge in [0.1, 0.15) is 6.07 Å². The third-order valence-electron chi connectivity index (χ3n) is 4.01. The number of aliphatic hydroxyl groups is 1. The molecule has 136 valence electrons. The molecule has 0 spiro atoms. The first-order chi connectivity index (χ1) is 12.5. The predicted octanol–water partition coefficient (Wildman–Crippen LogP) is 3.82. The molecular formula is C20H22ClN3O2. The Kier molecular flexibility index (Phi) is 7.46. The van der Waals surface area contributed by atoms with Crippen LogP contribution in [0.4, 0.5) is 11.4 Å². The Bertz CT molecular complexity index is 774. The van der Waals surface area contributed by atoms with Crippen LogP contribution in [0.1, 0.15) is 25.3 Å². The normalized spacial score (nSPS) is 11.5. The second-order valence-corrected chi connectivity index (χ2v) is 6.36. The number of nitrogens with zero attached hydrogens (tertiary/aromatic N) is 2. The molecule has 0 saturated carbocycles. The van der Waals surface area contributed by atoms with E-state index in [9.17, 15) is 9.90 Å². The highest BCUT2D eigenvalue weighted by atomic mass is 35.5. The summed E-state index contributed by atoms with van der Waals surface area (Å²) in [6.07, 6.45) is 0.470.